The first-order valence-electron chi connectivity index (χ1n) is 16.8. The fourth-order valence-corrected chi connectivity index (χ4v) is 6.68. The molecule has 0 saturated heterocycles. The number of nitrogens with one attached hydrogen (secondary N) is 1. The van der Waals surface area contributed by atoms with E-state index in [1.807, 2.05) is 38.1 Å². The second kappa shape index (κ2) is 13.9. The molecule has 0 aliphatic heterocycles. The number of carbonyl (C=O) groups excluding carboxylic acids is 1. The number of pyridine rings is 2. The highest BCUT2D eigenvalue weighted by atomic mass is 19.1. The summed E-state index contributed by atoms with van der Waals surface area (Å²) >= 11 is 0. The maximum absolute atomic E-state index is 14.4. The van der Waals surface area contributed by atoms with Crippen LogP contribution >= 0.6 is 0 Å². The minimum Gasteiger partial charge on any atom is -0.492 e. The van der Waals surface area contributed by atoms with Crippen molar-refractivity contribution in [3.05, 3.63) is 123 Å². The molecule has 1 fully saturated rings. The Morgan fingerprint density at radius 2 is 1.76 bits per heavy atom. The average Bonchev–Trinajstić information content (AvgIpc) is 3.53. The number of benzene rings is 2. The fraction of sp³-hybridized carbons (Fsp3) is 0.289. The minimum atomic E-state index is -0.521. The van der Waals surface area contributed by atoms with E-state index in [1.54, 1.807) is 30.5 Å². The monoisotopic (exact) mass is 693 g/mol. The van der Waals surface area contributed by atoms with Gasteiger partial charge in [0.15, 0.2) is 5.65 Å². The van der Waals surface area contributed by atoms with Gasteiger partial charge in [0.05, 0.1) is 11.1 Å². The summed E-state index contributed by atoms with van der Waals surface area (Å²) in [6.07, 6.45) is 6.38. The largest absolute Gasteiger partial charge is 0.492 e. The van der Waals surface area contributed by atoms with E-state index < -0.39 is 28.9 Å². The van der Waals surface area contributed by atoms with Gasteiger partial charge in [-0.1, -0.05) is 12.1 Å². The summed E-state index contributed by atoms with van der Waals surface area (Å²) in [5.41, 5.74) is 2.55. The summed E-state index contributed by atoms with van der Waals surface area (Å²) in [7, 11) is 3.85. The summed E-state index contributed by atoms with van der Waals surface area (Å²) in [6.45, 7) is 2.84. The summed E-state index contributed by atoms with van der Waals surface area (Å²) in [5.74, 6) is -0.857. The van der Waals surface area contributed by atoms with Crippen LogP contribution in [-0.2, 0) is 0 Å². The van der Waals surface area contributed by atoms with E-state index in [-0.39, 0.29) is 23.3 Å². The Morgan fingerprint density at radius 3 is 2.55 bits per heavy atom. The molecule has 7 rings (SSSR count). The standard InChI is InChI=1S/C38H37F2N7O4/c1-23-17-31-35(41-20-23)46(29-6-4-5-24(18-29)30-13-7-25(39)19-33(30)51-16-15-44(2)3)38(50)47(37(31)49)28-11-9-27(10-12-28)42-36(48)32-22-45-21-26(40)8-14-34(45)43-32/h4-8,13-14,17-22,27-28H,9-12,15-16H2,1-3H3,(H,42,48). The highest BCUT2D eigenvalue weighted by molar-refractivity contribution is 5.93. The summed E-state index contributed by atoms with van der Waals surface area (Å²) in [4.78, 5) is 52.2. The van der Waals surface area contributed by atoms with Crippen LogP contribution in [0.4, 0.5) is 8.78 Å². The van der Waals surface area contributed by atoms with Crippen molar-refractivity contribution in [2.75, 3.05) is 27.2 Å². The molecule has 1 saturated carbocycles. The molecule has 11 nitrogen and oxygen atoms in total. The van der Waals surface area contributed by atoms with Crippen molar-refractivity contribution in [1.29, 1.82) is 0 Å². The van der Waals surface area contributed by atoms with Gasteiger partial charge in [-0.05, 0) is 100 Å². The Kier molecular flexibility index (Phi) is 9.21. The number of amides is 1. The lowest BCUT2D eigenvalue weighted by Gasteiger charge is -2.30. The second-order valence-corrected chi connectivity index (χ2v) is 13.2. The van der Waals surface area contributed by atoms with Gasteiger partial charge < -0.3 is 19.4 Å². The van der Waals surface area contributed by atoms with Gasteiger partial charge in [-0.2, -0.15) is 0 Å². The van der Waals surface area contributed by atoms with Crippen molar-refractivity contribution in [1.82, 2.24) is 33.7 Å². The number of hydrogen-bond acceptors (Lipinski definition) is 7. The van der Waals surface area contributed by atoms with Gasteiger partial charge in [-0.25, -0.2) is 28.1 Å². The highest BCUT2D eigenvalue weighted by Gasteiger charge is 2.28. The lowest BCUT2D eigenvalue weighted by molar-refractivity contribution is 0.0917. The Balaban J connectivity index is 1.19. The van der Waals surface area contributed by atoms with E-state index in [1.165, 1.54) is 50.2 Å². The van der Waals surface area contributed by atoms with Crippen LogP contribution in [0, 0.1) is 18.6 Å². The predicted molar refractivity (Wildman–Crippen MR) is 190 cm³/mol. The third-order valence-corrected chi connectivity index (χ3v) is 9.26. The normalized spacial score (nSPS) is 16.2. The molecule has 0 atom stereocenters. The lowest BCUT2D eigenvalue weighted by atomic mass is 9.90. The maximum atomic E-state index is 14.4. The van der Waals surface area contributed by atoms with Crippen LogP contribution in [0.2, 0.25) is 0 Å². The quantitative estimate of drug-likeness (QED) is 0.219. The molecule has 0 unspecified atom stereocenters. The molecule has 1 aliphatic carbocycles. The molecule has 262 valence electrons. The molecule has 2 aromatic carbocycles. The maximum Gasteiger partial charge on any atom is 0.337 e. The third-order valence-electron chi connectivity index (χ3n) is 9.26. The molecular formula is C38H37F2N7O4. The van der Waals surface area contributed by atoms with Crippen molar-refractivity contribution >= 4 is 22.6 Å². The third kappa shape index (κ3) is 6.89. The second-order valence-electron chi connectivity index (χ2n) is 13.2. The number of imidazole rings is 1. The van der Waals surface area contributed by atoms with Crippen molar-refractivity contribution in [2.24, 2.45) is 0 Å². The van der Waals surface area contributed by atoms with Crippen LogP contribution in [0.3, 0.4) is 0 Å². The van der Waals surface area contributed by atoms with Crippen LogP contribution in [0.5, 0.6) is 5.75 Å². The molecule has 6 aromatic rings. The molecule has 13 heteroatoms. The van der Waals surface area contributed by atoms with Gasteiger partial charge in [0.25, 0.3) is 11.5 Å². The summed E-state index contributed by atoms with van der Waals surface area (Å²) in [5, 5.41) is 3.32. The summed E-state index contributed by atoms with van der Waals surface area (Å²) < 4.78 is 38.2. The molecular weight excluding hydrogens is 656 g/mol. The van der Waals surface area contributed by atoms with Gasteiger partial charge in [-0.3, -0.25) is 14.2 Å². The minimum absolute atomic E-state index is 0.175. The molecule has 4 aromatic heterocycles. The molecule has 1 aliphatic rings. The van der Waals surface area contributed by atoms with E-state index in [4.69, 9.17) is 4.74 Å². The number of hydrogen-bond donors (Lipinski definition) is 1. The number of ether oxygens (including phenoxy) is 1. The summed E-state index contributed by atoms with van der Waals surface area (Å²) in [6, 6.07) is 15.5. The van der Waals surface area contributed by atoms with Crippen molar-refractivity contribution in [3.63, 3.8) is 0 Å². The van der Waals surface area contributed by atoms with Crippen LogP contribution in [0.25, 0.3) is 33.5 Å². The van der Waals surface area contributed by atoms with Gasteiger partial charge in [0.2, 0.25) is 0 Å². The Morgan fingerprint density at radius 1 is 0.980 bits per heavy atom. The van der Waals surface area contributed by atoms with E-state index in [0.717, 1.165) is 5.56 Å². The smallest absolute Gasteiger partial charge is 0.337 e. The van der Waals surface area contributed by atoms with Crippen LogP contribution in [0.1, 0.15) is 47.8 Å². The molecule has 1 N–H and O–H groups in total. The zero-order valence-corrected chi connectivity index (χ0v) is 28.5. The van der Waals surface area contributed by atoms with E-state index in [2.05, 4.69) is 15.3 Å². The van der Waals surface area contributed by atoms with Crippen LogP contribution in [-0.4, -0.2) is 67.6 Å². The number of rotatable bonds is 9. The number of likely N-dealkylation sites (N-methyl/N-ethyl adjacent to an activating group) is 1. The number of aromatic nitrogens is 5. The molecule has 0 radical (unpaired) electrons. The number of carbonyl (C=O) groups is 1. The Labute approximate surface area is 291 Å². The molecule has 0 spiro atoms. The lowest BCUT2D eigenvalue weighted by Crippen LogP contribution is -2.45. The fourth-order valence-electron chi connectivity index (χ4n) is 6.68. The van der Waals surface area contributed by atoms with Crippen molar-refractivity contribution in [3.8, 4) is 22.6 Å². The first-order valence-corrected chi connectivity index (χ1v) is 16.8. The highest BCUT2D eigenvalue weighted by Crippen LogP contribution is 2.33. The zero-order chi connectivity index (χ0) is 35.8. The number of fused-ring (bicyclic) bond motifs is 2. The Bertz CT molecular complexity index is 2390. The number of aryl methyl sites for hydroxylation is 1. The zero-order valence-electron chi connectivity index (χ0n) is 28.5. The van der Waals surface area contributed by atoms with Gasteiger partial charge in [-0.15, -0.1) is 0 Å². The topological polar surface area (TPSA) is 116 Å². The predicted octanol–water partition coefficient (Wildman–Crippen LogP) is 5.30. The van der Waals surface area contributed by atoms with Crippen molar-refractivity contribution < 1.29 is 18.3 Å². The first-order chi connectivity index (χ1) is 24.5. The van der Waals surface area contributed by atoms with E-state index in [9.17, 15) is 23.2 Å². The van der Waals surface area contributed by atoms with Crippen molar-refractivity contribution in [2.45, 2.75) is 44.7 Å². The molecule has 51 heavy (non-hydrogen) atoms. The number of nitrogens with zero attached hydrogens (tertiary/aromatic N) is 6. The molecule has 0 bridgehead atoms. The van der Waals surface area contributed by atoms with E-state index >= 15 is 0 Å². The molecule has 4 heterocycles. The molecule has 1 amide bonds. The SMILES string of the molecule is Cc1cnc2c(c1)c(=O)n(C1CCC(NC(=O)c3cn4cc(F)ccc4n3)CC1)c(=O)n2-c1cccc(-c2ccc(F)cc2OCCN(C)C)c1. The first kappa shape index (κ1) is 33.8. The van der Waals surface area contributed by atoms with Gasteiger partial charge >= 0.3 is 5.69 Å². The average molecular weight is 694 g/mol. The number of halogens is 2. The van der Waals surface area contributed by atoms with Gasteiger partial charge in [0, 0.05) is 48.8 Å². The van der Waals surface area contributed by atoms with E-state index in [0.29, 0.717) is 72.4 Å². The Hall–Kier alpha value is -5.69. The van der Waals surface area contributed by atoms with Crippen LogP contribution < -0.4 is 21.3 Å². The van der Waals surface area contributed by atoms with Crippen LogP contribution in [0.15, 0.2) is 88.8 Å². The van der Waals surface area contributed by atoms with Gasteiger partial charge in [0.1, 0.15) is 35.3 Å².